The Bertz CT molecular complexity index is 1470. The van der Waals surface area contributed by atoms with E-state index in [0.29, 0.717) is 42.1 Å². The number of carbonyl (C=O) groups excluding carboxylic acids is 3. The predicted octanol–water partition coefficient (Wildman–Crippen LogP) is 5.54. The molecule has 7 heteroatoms. The highest BCUT2D eigenvalue weighted by Gasteiger charge is 2.35. The lowest BCUT2D eigenvalue weighted by Crippen LogP contribution is -2.50. The van der Waals surface area contributed by atoms with Gasteiger partial charge in [0.2, 0.25) is 5.91 Å². The maximum atomic E-state index is 13.5. The van der Waals surface area contributed by atoms with Crippen LogP contribution in [0.25, 0.3) is 0 Å². The highest BCUT2D eigenvalue weighted by molar-refractivity contribution is 6.05. The second-order valence-corrected chi connectivity index (χ2v) is 9.27. The minimum atomic E-state index is -0.671. The maximum absolute atomic E-state index is 13.5. The van der Waals surface area contributed by atoms with Gasteiger partial charge in [-0.15, -0.1) is 0 Å². The van der Waals surface area contributed by atoms with Gasteiger partial charge in [0.15, 0.2) is 0 Å². The van der Waals surface area contributed by atoms with Gasteiger partial charge >= 0.3 is 0 Å². The van der Waals surface area contributed by atoms with Gasteiger partial charge in [-0.25, -0.2) is 0 Å². The Balaban J connectivity index is 1.28. The molecule has 196 valence electrons. The van der Waals surface area contributed by atoms with Crippen molar-refractivity contribution in [1.82, 2.24) is 4.90 Å². The molecule has 5 rings (SSSR count). The van der Waals surface area contributed by atoms with Crippen molar-refractivity contribution >= 4 is 29.1 Å². The largest absolute Gasteiger partial charge is 0.494 e. The van der Waals surface area contributed by atoms with Gasteiger partial charge in [-0.3, -0.25) is 14.4 Å². The molecule has 3 amide bonds. The lowest BCUT2D eigenvalue weighted by atomic mass is 9.92. The summed E-state index contributed by atoms with van der Waals surface area (Å²) in [6.07, 6.45) is 0.420. The van der Waals surface area contributed by atoms with Gasteiger partial charge < -0.3 is 20.3 Å². The third-order valence-electron chi connectivity index (χ3n) is 6.67. The van der Waals surface area contributed by atoms with Gasteiger partial charge in [-0.05, 0) is 78.7 Å². The molecule has 0 saturated heterocycles. The lowest BCUT2D eigenvalue weighted by Gasteiger charge is -2.36. The molecule has 1 unspecified atom stereocenters. The summed E-state index contributed by atoms with van der Waals surface area (Å²) in [4.78, 5) is 41.2. The summed E-state index contributed by atoms with van der Waals surface area (Å²) in [7, 11) is 0. The topological polar surface area (TPSA) is 87.7 Å². The number of nitrogens with zero attached hydrogens (tertiary/aromatic N) is 1. The molecule has 0 spiro atoms. The average Bonchev–Trinajstić information content (AvgIpc) is 2.98. The van der Waals surface area contributed by atoms with Crippen LogP contribution in [0.3, 0.4) is 0 Å². The van der Waals surface area contributed by atoms with Crippen LogP contribution >= 0.6 is 0 Å². The van der Waals surface area contributed by atoms with Crippen molar-refractivity contribution in [3.63, 3.8) is 0 Å². The highest BCUT2D eigenvalue weighted by atomic mass is 16.5. The molecule has 0 bridgehead atoms. The first kappa shape index (κ1) is 25.7. The second kappa shape index (κ2) is 11.6. The van der Waals surface area contributed by atoms with E-state index in [-0.39, 0.29) is 17.7 Å². The highest BCUT2D eigenvalue weighted by Crippen LogP contribution is 2.26. The molecule has 0 fully saturated rings. The Hall–Kier alpha value is -4.91. The van der Waals surface area contributed by atoms with E-state index in [4.69, 9.17) is 4.74 Å². The summed E-state index contributed by atoms with van der Waals surface area (Å²) in [5, 5.41) is 5.79. The quantitative estimate of drug-likeness (QED) is 0.336. The van der Waals surface area contributed by atoms with Gasteiger partial charge in [0.25, 0.3) is 11.8 Å². The minimum Gasteiger partial charge on any atom is -0.494 e. The van der Waals surface area contributed by atoms with Gasteiger partial charge in [-0.2, -0.15) is 0 Å². The van der Waals surface area contributed by atoms with Crippen LogP contribution in [0.1, 0.15) is 38.8 Å². The molecule has 4 aromatic carbocycles. The molecule has 0 aliphatic carbocycles. The van der Waals surface area contributed by atoms with Crippen LogP contribution in [-0.2, 0) is 17.8 Å². The number of fused-ring (bicyclic) bond motifs is 1. The first-order valence-electron chi connectivity index (χ1n) is 12.9. The lowest BCUT2D eigenvalue weighted by molar-refractivity contribution is -0.121. The molecule has 2 N–H and O–H groups in total. The first-order chi connectivity index (χ1) is 19.0. The van der Waals surface area contributed by atoms with Crippen LogP contribution < -0.4 is 15.4 Å². The Kier molecular flexibility index (Phi) is 7.68. The number of hydrogen-bond donors (Lipinski definition) is 2. The van der Waals surface area contributed by atoms with E-state index in [1.165, 1.54) is 0 Å². The van der Waals surface area contributed by atoms with E-state index in [0.717, 1.165) is 16.9 Å². The van der Waals surface area contributed by atoms with E-state index in [9.17, 15) is 14.4 Å². The molecule has 1 aliphatic heterocycles. The molecule has 7 nitrogen and oxygen atoms in total. The first-order valence-corrected chi connectivity index (χ1v) is 12.9. The normalized spacial score (nSPS) is 14.2. The Morgan fingerprint density at radius 1 is 0.744 bits per heavy atom. The zero-order valence-electron chi connectivity index (χ0n) is 21.6. The predicted molar refractivity (Wildman–Crippen MR) is 151 cm³/mol. The van der Waals surface area contributed by atoms with Gasteiger partial charge in [0.1, 0.15) is 11.8 Å². The minimum absolute atomic E-state index is 0.188. The van der Waals surface area contributed by atoms with E-state index >= 15 is 0 Å². The summed E-state index contributed by atoms with van der Waals surface area (Å²) >= 11 is 0. The van der Waals surface area contributed by atoms with Crippen LogP contribution in [0.15, 0.2) is 103 Å². The van der Waals surface area contributed by atoms with Crippen molar-refractivity contribution in [3.05, 3.63) is 125 Å². The molecule has 0 radical (unpaired) electrons. The summed E-state index contributed by atoms with van der Waals surface area (Å²) in [6, 6.07) is 30.0. The van der Waals surface area contributed by atoms with E-state index in [1.54, 1.807) is 65.6 Å². The number of amides is 3. The van der Waals surface area contributed by atoms with Crippen LogP contribution in [0.5, 0.6) is 5.75 Å². The van der Waals surface area contributed by atoms with Gasteiger partial charge in [-0.1, -0.05) is 42.5 Å². The molecule has 0 aromatic heterocycles. The van der Waals surface area contributed by atoms with Crippen molar-refractivity contribution in [2.75, 3.05) is 17.2 Å². The standard InChI is InChI=1S/C32H29N3O4/c1-2-39-28-18-16-27(17-19-28)33-30(36)22-12-14-26(15-13-22)34-31(37)29-20-24-10-6-7-11-25(24)21-35(29)32(38)23-8-4-3-5-9-23/h3-19,29H,2,20-21H2,1H3,(H,33,36)(H,34,37). The maximum Gasteiger partial charge on any atom is 0.255 e. The third kappa shape index (κ3) is 5.99. The summed E-state index contributed by atoms with van der Waals surface area (Å²) in [6.45, 7) is 2.84. The average molecular weight is 520 g/mol. The van der Waals surface area contributed by atoms with Crippen molar-refractivity contribution < 1.29 is 19.1 Å². The Labute approximate surface area is 227 Å². The molecule has 4 aromatic rings. The van der Waals surface area contributed by atoms with Crippen molar-refractivity contribution in [3.8, 4) is 5.75 Å². The van der Waals surface area contributed by atoms with Crippen LogP contribution in [0.2, 0.25) is 0 Å². The van der Waals surface area contributed by atoms with Crippen LogP contribution in [0, 0.1) is 0 Å². The summed E-state index contributed by atoms with van der Waals surface area (Å²) in [5.41, 5.74) is 4.28. The van der Waals surface area contributed by atoms with E-state index < -0.39 is 6.04 Å². The Morgan fingerprint density at radius 3 is 2.05 bits per heavy atom. The smallest absolute Gasteiger partial charge is 0.255 e. The fourth-order valence-corrected chi connectivity index (χ4v) is 4.65. The number of hydrogen-bond acceptors (Lipinski definition) is 4. The van der Waals surface area contributed by atoms with Gasteiger partial charge in [0, 0.05) is 35.5 Å². The monoisotopic (exact) mass is 519 g/mol. The number of ether oxygens (including phenoxy) is 1. The van der Waals surface area contributed by atoms with Crippen molar-refractivity contribution in [2.24, 2.45) is 0 Å². The summed E-state index contributed by atoms with van der Waals surface area (Å²) in [5.74, 6) is 0.00794. The number of carbonyl (C=O) groups is 3. The van der Waals surface area contributed by atoms with Crippen LogP contribution in [-0.4, -0.2) is 35.3 Å². The van der Waals surface area contributed by atoms with E-state index in [2.05, 4.69) is 10.6 Å². The molecule has 1 heterocycles. The van der Waals surface area contributed by atoms with Crippen LogP contribution in [0.4, 0.5) is 11.4 Å². The molecule has 0 saturated carbocycles. The fourth-order valence-electron chi connectivity index (χ4n) is 4.65. The number of rotatable bonds is 7. The molecular formula is C32H29N3O4. The van der Waals surface area contributed by atoms with E-state index in [1.807, 2.05) is 49.4 Å². The SMILES string of the molecule is CCOc1ccc(NC(=O)c2ccc(NC(=O)C3Cc4ccccc4CN3C(=O)c3ccccc3)cc2)cc1. The summed E-state index contributed by atoms with van der Waals surface area (Å²) < 4.78 is 5.43. The zero-order chi connectivity index (χ0) is 27.2. The molecule has 39 heavy (non-hydrogen) atoms. The molecule has 1 aliphatic rings. The fraction of sp³-hybridized carbons (Fsp3) is 0.156. The van der Waals surface area contributed by atoms with Crippen molar-refractivity contribution in [2.45, 2.75) is 25.9 Å². The number of anilines is 2. The third-order valence-corrected chi connectivity index (χ3v) is 6.67. The number of benzene rings is 4. The second-order valence-electron chi connectivity index (χ2n) is 9.27. The molecular weight excluding hydrogens is 490 g/mol. The molecule has 1 atom stereocenters. The Morgan fingerprint density at radius 2 is 1.36 bits per heavy atom. The number of nitrogens with one attached hydrogen (secondary N) is 2. The van der Waals surface area contributed by atoms with Crippen molar-refractivity contribution in [1.29, 1.82) is 0 Å². The van der Waals surface area contributed by atoms with Gasteiger partial charge in [0.05, 0.1) is 6.61 Å². The zero-order valence-corrected chi connectivity index (χ0v) is 21.6.